The second-order valence-corrected chi connectivity index (χ2v) is 4.37. The molecule has 3 heteroatoms. The quantitative estimate of drug-likeness (QED) is 0.814. The molecule has 82 valence electrons. The molecule has 0 radical (unpaired) electrons. The van der Waals surface area contributed by atoms with Gasteiger partial charge in [-0.2, -0.15) is 0 Å². The Labute approximate surface area is 88.3 Å². The Kier molecular flexibility index (Phi) is 2.74. The molecule has 1 fully saturated rings. The molecule has 0 unspecified atom stereocenters. The van der Waals surface area contributed by atoms with Crippen LogP contribution in [0.2, 0.25) is 0 Å². The summed E-state index contributed by atoms with van der Waals surface area (Å²) in [7, 11) is 0. The number of halogens is 2. The summed E-state index contributed by atoms with van der Waals surface area (Å²) in [5, 5.41) is 0. The van der Waals surface area contributed by atoms with Crippen LogP contribution in [-0.2, 0) is 13.1 Å². The van der Waals surface area contributed by atoms with Gasteiger partial charge in [0.05, 0.1) is 0 Å². The van der Waals surface area contributed by atoms with E-state index in [9.17, 15) is 8.78 Å². The van der Waals surface area contributed by atoms with Crippen LogP contribution in [0, 0.1) is 5.82 Å². The van der Waals surface area contributed by atoms with Crippen LogP contribution in [-0.4, -0.2) is 5.54 Å². The number of nitrogens with two attached hydrogens (primary N) is 1. The Morgan fingerprint density at radius 3 is 2.67 bits per heavy atom. The molecule has 0 atom stereocenters. The van der Waals surface area contributed by atoms with Crippen LogP contribution in [0.25, 0.3) is 0 Å². The summed E-state index contributed by atoms with van der Waals surface area (Å²) in [6, 6.07) is 4.71. The minimum atomic E-state index is -0.737. The molecule has 2 rings (SSSR count). The topological polar surface area (TPSA) is 26.0 Å². The third kappa shape index (κ3) is 2.34. The Bertz CT molecular complexity index is 359. The predicted octanol–water partition coefficient (Wildman–Crippen LogP) is 2.72. The van der Waals surface area contributed by atoms with E-state index < -0.39 is 12.5 Å². The standard InChI is InChI=1S/C12H15F2N/c13-8-10-9(2-1-3-11(10)14)4-5-12(15)6-7-12/h1-3H,4-8,15H2. The third-order valence-corrected chi connectivity index (χ3v) is 3.13. The van der Waals surface area contributed by atoms with E-state index in [-0.39, 0.29) is 11.1 Å². The minimum absolute atomic E-state index is 0.0557. The van der Waals surface area contributed by atoms with Gasteiger partial charge in [0, 0.05) is 11.1 Å². The van der Waals surface area contributed by atoms with Crippen molar-refractivity contribution in [2.45, 2.75) is 37.9 Å². The van der Waals surface area contributed by atoms with Crippen molar-refractivity contribution >= 4 is 0 Å². The molecule has 15 heavy (non-hydrogen) atoms. The monoisotopic (exact) mass is 211 g/mol. The normalized spacial score (nSPS) is 17.8. The van der Waals surface area contributed by atoms with Crippen molar-refractivity contribution in [3.63, 3.8) is 0 Å². The number of aryl methyl sites for hydroxylation is 1. The molecule has 0 amide bonds. The van der Waals surface area contributed by atoms with E-state index in [1.807, 2.05) is 0 Å². The average Bonchev–Trinajstić information content (AvgIpc) is 2.94. The molecule has 1 aromatic rings. The molecule has 0 aliphatic heterocycles. The fourth-order valence-corrected chi connectivity index (χ4v) is 1.78. The van der Waals surface area contributed by atoms with E-state index >= 15 is 0 Å². The fourth-order valence-electron chi connectivity index (χ4n) is 1.78. The summed E-state index contributed by atoms with van der Waals surface area (Å²) < 4.78 is 25.8. The molecule has 1 nitrogen and oxygen atoms in total. The van der Waals surface area contributed by atoms with E-state index in [2.05, 4.69) is 0 Å². The van der Waals surface area contributed by atoms with Gasteiger partial charge in [-0.1, -0.05) is 12.1 Å². The zero-order valence-corrected chi connectivity index (χ0v) is 8.60. The summed E-state index contributed by atoms with van der Waals surface area (Å²) >= 11 is 0. The first-order valence-electron chi connectivity index (χ1n) is 5.26. The predicted molar refractivity (Wildman–Crippen MR) is 55.7 cm³/mol. The van der Waals surface area contributed by atoms with Crippen molar-refractivity contribution in [1.29, 1.82) is 0 Å². The fraction of sp³-hybridized carbons (Fsp3) is 0.500. The highest BCUT2D eigenvalue weighted by atomic mass is 19.1. The van der Waals surface area contributed by atoms with Gasteiger partial charge in [-0.3, -0.25) is 0 Å². The van der Waals surface area contributed by atoms with E-state index in [0.717, 1.165) is 24.8 Å². The highest BCUT2D eigenvalue weighted by Gasteiger charge is 2.37. The van der Waals surface area contributed by atoms with Gasteiger partial charge in [-0.25, -0.2) is 8.78 Å². The molecule has 1 aliphatic carbocycles. The van der Waals surface area contributed by atoms with E-state index in [0.29, 0.717) is 6.42 Å². The molecule has 0 aromatic heterocycles. The molecule has 0 bridgehead atoms. The van der Waals surface area contributed by atoms with Gasteiger partial charge < -0.3 is 5.73 Å². The summed E-state index contributed by atoms with van der Waals surface area (Å²) in [6.45, 7) is -0.737. The number of benzene rings is 1. The highest BCUT2D eigenvalue weighted by molar-refractivity contribution is 5.28. The van der Waals surface area contributed by atoms with E-state index in [1.54, 1.807) is 12.1 Å². The van der Waals surface area contributed by atoms with Crippen LogP contribution < -0.4 is 5.73 Å². The van der Waals surface area contributed by atoms with Crippen LogP contribution in [0.5, 0.6) is 0 Å². The Hall–Kier alpha value is -0.960. The Morgan fingerprint density at radius 2 is 2.07 bits per heavy atom. The van der Waals surface area contributed by atoms with Crippen molar-refractivity contribution in [1.82, 2.24) is 0 Å². The number of alkyl halides is 1. The molecule has 1 aromatic carbocycles. The highest BCUT2D eigenvalue weighted by Crippen LogP contribution is 2.36. The first-order chi connectivity index (χ1) is 7.14. The summed E-state index contributed by atoms with van der Waals surface area (Å²) in [6.07, 6.45) is 3.57. The van der Waals surface area contributed by atoms with Crippen molar-refractivity contribution in [3.8, 4) is 0 Å². The van der Waals surface area contributed by atoms with Crippen LogP contribution in [0.1, 0.15) is 30.4 Å². The zero-order chi connectivity index (χ0) is 10.9. The summed E-state index contributed by atoms with van der Waals surface area (Å²) in [4.78, 5) is 0. The summed E-state index contributed by atoms with van der Waals surface area (Å²) in [5.41, 5.74) is 6.84. The maximum atomic E-state index is 13.2. The third-order valence-electron chi connectivity index (χ3n) is 3.13. The first-order valence-corrected chi connectivity index (χ1v) is 5.26. The molecule has 0 spiro atoms. The van der Waals surface area contributed by atoms with Gasteiger partial charge >= 0.3 is 0 Å². The number of rotatable bonds is 4. The molecular weight excluding hydrogens is 196 g/mol. The Balaban J connectivity index is 2.09. The second-order valence-electron chi connectivity index (χ2n) is 4.37. The lowest BCUT2D eigenvalue weighted by atomic mass is 10.00. The van der Waals surface area contributed by atoms with E-state index in [1.165, 1.54) is 6.07 Å². The summed E-state index contributed by atoms with van der Waals surface area (Å²) in [5.74, 6) is -0.447. The maximum Gasteiger partial charge on any atom is 0.129 e. The molecule has 1 saturated carbocycles. The lowest BCUT2D eigenvalue weighted by Crippen LogP contribution is -2.22. The minimum Gasteiger partial charge on any atom is -0.325 e. The SMILES string of the molecule is NC1(CCc2cccc(F)c2CF)CC1. The van der Waals surface area contributed by atoms with Crippen LogP contribution >= 0.6 is 0 Å². The molecule has 1 aliphatic rings. The molecule has 2 N–H and O–H groups in total. The van der Waals surface area contributed by atoms with Gasteiger partial charge in [0.2, 0.25) is 0 Å². The first kappa shape index (κ1) is 10.6. The molecular formula is C12H15F2N. The van der Waals surface area contributed by atoms with Crippen molar-refractivity contribution in [3.05, 3.63) is 35.1 Å². The van der Waals surface area contributed by atoms with Crippen molar-refractivity contribution in [2.75, 3.05) is 0 Å². The smallest absolute Gasteiger partial charge is 0.129 e. The largest absolute Gasteiger partial charge is 0.325 e. The van der Waals surface area contributed by atoms with Gasteiger partial charge in [0.1, 0.15) is 12.5 Å². The van der Waals surface area contributed by atoms with Crippen LogP contribution in [0.4, 0.5) is 8.78 Å². The van der Waals surface area contributed by atoms with Gasteiger partial charge in [-0.15, -0.1) is 0 Å². The van der Waals surface area contributed by atoms with Crippen molar-refractivity contribution in [2.24, 2.45) is 5.73 Å². The zero-order valence-electron chi connectivity index (χ0n) is 8.60. The van der Waals surface area contributed by atoms with Crippen LogP contribution in [0.3, 0.4) is 0 Å². The van der Waals surface area contributed by atoms with Crippen molar-refractivity contribution < 1.29 is 8.78 Å². The number of hydrogen-bond donors (Lipinski definition) is 1. The maximum absolute atomic E-state index is 13.2. The Morgan fingerprint density at radius 1 is 1.33 bits per heavy atom. The average molecular weight is 211 g/mol. The lowest BCUT2D eigenvalue weighted by Gasteiger charge is -2.11. The second kappa shape index (κ2) is 3.89. The van der Waals surface area contributed by atoms with Gasteiger partial charge in [-0.05, 0) is 37.3 Å². The molecule has 0 heterocycles. The molecule has 0 saturated heterocycles. The van der Waals surface area contributed by atoms with Gasteiger partial charge in [0.15, 0.2) is 0 Å². The van der Waals surface area contributed by atoms with Crippen LogP contribution in [0.15, 0.2) is 18.2 Å². The van der Waals surface area contributed by atoms with E-state index in [4.69, 9.17) is 5.73 Å². The number of hydrogen-bond acceptors (Lipinski definition) is 1. The lowest BCUT2D eigenvalue weighted by molar-refractivity contribution is 0.458. The van der Waals surface area contributed by atoms with Gasteiger partial charge in [0.25, 0.3) is 0 Å².